The van der Waals surface area contributed by atoms with Crippen molar-refractivity contribution in [3.8, 4) is 0 Å². The van der Waals surface area contributed by atoms with Crippen molar-refractivity contribution in [3.63, 3.8) is 0 Å². The number of halogens is 1. The van der Waals surface area contributed by atoms with Gasteiger partial charge in [0.05, 0.1) is 23.7 Å². The third-order valence-electron chi connectivity index (χ3n) is 2.36. The van der Waals surface area contributed by atoms with Crippen molar-refractivity contribution in [1.29, 1.82) is 0 Å². The number of hydrogen-bond acceptors (Lipinski definition) is 3. The Morgan fingerprint density at radius 1 is 1.38 bits per heavy atom. The van der Waals surface area contributed by atoms with Crippen molar-refractivity contribution < 1.29 is 4.42 Å². The molecule has 3 N–H and O–H groups in total. The Labute approximate surface area is 103 Å². The van der Waals surface area contributed by atoms with E-state index in [2.05, 4.69) is 21.2 Å². The van der Waals surface area contributed by atoms with Crippen LogP contribution in [0.3, 0.4) is 0 Å². The molecule has 0 radical (unpaired) electrons. The fourth-order valence-corrected chi connectivity index (χ4v) is 1.86. The predicted molar refractivity (Wildman–Crippen MR) is 69.3 cm³/mol. The normalized spacial score (nSPS) is 12.4. The summed E-state index contributed by atoms with van der Waals surface area (Å²) in [6, 6.07) is 9.63. The quantitative estimate of drug-likeness (QED) is 0.841. The minimum absolute atomic E-state index is 0.0894. The minimum Gasteiger partial charge on any atom is -0.467 e. The zero-order valence-electron chi connectivity index (χ0n) is 8.91. The Kier molecular flexibility index (Phi) is 3.19. The molecule has 0 spiro atoms. The maximum absolute atomic E-state index is 5.88. The van der Waals surface area contributed by atoms with Crippen LogP contribution in [0.5, 0.6) is 0 Å². The van der Waals surface area contributed by atoms with Gasteiger partial charge in [0.25, 0.3) is 0 Å². The number of hydrogen-bond donors (Lipinski definition) is 2. The van der Waals surface area contributed by atoms with Gasteiger partial charge in [-0.15, -0.1) is 0 Å². The molecule has 0 saturated heterocycles. The molecular formula is C12H13BrN2O. The SMILES string of the molecule is CC(Nc1cc(Br)ccc1N)c1ccco1. The van der Waals surface area contributed by atoms with Crippen LogP contribution in [0.1, 0.15) is 18.7 Å². The van der Waals surface area contributed by atoms with Gasteiger partial charge in [-0.25, -0.2) is 0 Å². The average Bonchev–Trinajstić information content (AvgIpc) is 2.76. The number of rotatable bonds is 3. The molecule has 84 valence electrons. The van der Waals surface area contributed by atoms with E-state index in [1.165, 1.54) is 0 Å². The van der Waals surface area contributed by atoms with E-state index < -0.39 is 0 Å². The molecule has 1 aromatic heterocycles. The molecule has 0 amide bonds. The Hall–Kier alpha value is -1.42. The molecule has 3 nitrogen and oxygen atoms in total. The molecule has 2 rings (SSSR count). The maximum Gasteiger partial charge on any atom is 0.125 e. The first-order chi connectivity index (χ1) is 7.66. The Bertz CT molecular complexity index is 468. The molecule has 16 heavy (non-hydrogen) atoms. The van der Waals surface area contributed by atoms with Gasteiger partial charge < -0.3 is 15.5 Å². The summed E-state index contributed by atoms with van der Waals surface area (Å²) in [4.78, 5) is 0. The maximum atomic E-state index is 5.88. The van der Waals surface area contributed by atoms with Crippen LogP contribution < -0.4 is 11.1 Å². The van der Waals surface area contributed by atoms with Crippen LogP contribution in [-0.2, 0) is 0 Å². The summed E-state index contributed by atoms with van der Waals surface area (Å²) in [6.45, 7) is 2.03. The van der Waals surface area contributed by atoms with E-state index in [9.17, 15) is 0 Å². The van der Waals surface area contributed by atoms with Gasteiger partial charge in [0.2, 0.25) is 0 Å². The lowest BCUT2D eigenvalue weighted by Crippen LogP contribution is -2.07. The molecule has 4 heteroatoms. The van der Waals surface area contributed by atoms with Crippen molar-refractivity contribution in [2.45, 2.75) is 13.0 Å². The van der Waals surface area contributed by atoms with Crippen LogP contribution in [0.15, 0.2) is 45.5 Å². The third-order valence-corrected chi connectivity index (χ3v) is 2.85. The molecule has 0 aliphatic rings. The summed E-state index contributed by atoms with van der Waals surface area (Å²) in [5, 5.41) is 3.30. The fraction of sp³-hybridized carbons (Fsp3) is 0.167. The number of nitrogens with one attached hydrogen (secondary N) is 1. The van der Waals surface area contributed by atoms with E-state index in [-0.39, 0.29) is 6.04 Å². The van der Waals surface area contributed by atoms with E-state index in [0.717, 1.165) is 21.6 Å². The Morgan fingerprint density at radius 3 is 2.88 bits per heavy atom. The van der Waals surface area contributed by atoms with Crippen LogP contribution in [0.25, 0.3) is 0 Å². The second-order valence-electron chi connectivity index (χ2n) is 3.61. The zero-order chi connectivity index (χ0) is 11.5. The van der Waals surface area contributed by atoms with E-state index in [1.807, 2.05) is 37.3 Å². The largest absolute Gasteiger partial charge is 0.467 e. The van der Waals surface area contributed by atoms with Crippen LogP contribution >= 0.6 is 15.9 Å². The topological polar surface area (TPSA) is 51.2 Å². The highest BCUT2D eigenvalue weighted by Crippen LogP contribution is 2.27. The van der Waals surface area contributed by atoms with E-state index in [0.29, 0.717) is 0 Å². The molecule has 0 saturated carbocycles. The second kappa shape index (κ2) is 4.61. The van der Waals surface area contributed by atoms with Gasteiger partial charge >= 0.3 is 0 Å². The van der Waals surface area contributed by atoms with Crippen LogP contribution in [0.4, 0.5) is 11.4 Å². The number of benzene rings is 1. The molecule has 0 aliphatic heterocycles. The summed E-state index contributed by atoms with van der Waals surface area (Å²) < 4.78 is 6.32. The van der Waals surface area contributed by atoms with E-state index >= 15 is 0 Å². The number of nitrogens with two attached hydrogens (primary N) is 1. The molecule has 1 aromatic carbocycles. The Morgan fingerprint density at radius 2 is 2.19 bits per heavy atom. The first-order valence-corrected chi connectivity index (χ1v) is 5.81. The van der Waals surface area contributed by atoms with Crippen LogP contribution in [-0.4, -0.2) is 0 Å². The number of nitrogen functional groups attached to an aromatic ring is 1. The molecule has 0 fully saturated rings. The molecule has 1 atom stereocenters. The molecule has 1 heterocycles. The van der Waals surface area contributed by atoms with Gasteiger partial charge in [-0.2, -0.15) is 0 Å². The Balaban J connectivity index is 2.17. The predicted octanol–water partition coefficient (Wildman–Crippen LogP) is 3.80. The summed E-state index contributed by atoms with van der Waals surface area (Å²) in [7, 11) is 0. The second-order valence-corrected chi connectivity index (χ2v) is 4.53. The van der Waals surface area contributed by atoms with Gasteiger partial charge in [0.1, 0.15) is 5.76 Å². The highest BCUT2D eigenvalue weighted by atomic mass is 79.9. The molecule has 0 aliphatic carbocycles. The highest BCUT2D eigenvalue weighted by molar-refractivity contribution is 9.10. The first kappa shape index (κ1) is 11.1. The lowest BCUT2D eigenvalue weighted by molar-refractivity contribution is 0.490. The monoisotopic (exact) mass is 280 g/mol. The van der Waals surface area contributed by atoms with Crippen LogP contribution in [0.2, 0.25) is 0 Å². The van der Waals surface area contributed by atoms with Crippen LogP contribution in [0, 0.1) is 0 Å². The minimum atomic E-state index is 0.0894. The fourth-order valence-electron chi connectivity index (χ4n) is 1.50. The lowest BCUT2D eigenvalue weighted by Gasteiger charge is -2.15. The molecule has 1 unspecified atom stereocenters. The average molecular weight is 281 g/mol. The molecule has 2 aromatic rings. The molecule has 0 bridgehead atoms. The molecular weight excluding hydrogens is 268 g/mol. The first-order valence-electron chi connectivity index (χ1n) is 5.02. The smallest absolute Gasteiger partial charge is 0.125 e. The van der Waals surface area contributed by atoms with Gasteiger partial charge in [0.15, 0.2) is 0 Å². The summed E-state index contributed by atoms with van der Waals surface area (Å²) in [5.41, 5.74) is 7.50. The van der Waals surface area contributed by atoms with Crippen molar-refractivity contribution in [2.75, 3.05) is 11.1 Å². The van der Waals surface area contributed by atoms with E-state index in [1.54, 1.807) is 6.26 Å². The van der Waals surface area contributed by atoms with Gasteiger partial charge in [-0.05, 0) is 37.3 Å². The van der Waals surface area contributed by atoms with Crippen molar-refractivity contribution in [2.24, 2.45) is 0 Å². The third kappa shape index (κ3) is 2.39. The number of furan rings is 1. The van der Waals surface area contributed by atoms with Gasteiger partial charge in [-0.3, -0.25) is 0 Å². The summed E-state index contributed by atoms with van der Waals surface area (Å²) >= 11 is 3.42. The summed E-state index contributed by atoms with van der Waals surface area (Å²) in [5.74, 6) is 0.888. The number of anilines is 2. The van der Waals surface area contributed by atoms with Crippen molar-refractivity contribution >= 4 is 27.3 Å². The lowest BCUT2D eigenvalue weighted by atomic mass is 10.2. The van der Waals surface area contributed by atoms with Crippen molar-refractivity contribution in [1.82, 2.24) is 0 Å². The highest BCUT2D eigenvalue weighted by Gasteiger charge is 2.09. The van der Waals surface area contributed by atoms with E-state index in [4.69, 9.17) is 10.2 Å². The standard InChI is InChI=1S/C12H13BrN2O/c1-8(12-3-2-6-16-12)15-11-7-9(13)4-5-10(11)14/h2-8,15H,14H2,1H3. The summed E-state index contributed by atoms with van der Waals surface area (Å²) in [6.07, 6.45) is 1.66. The van der Waals surface area contributed by atoms with Crippen molar-refractivity contribution in [3.05, 3.63) is 46.8 Å². The van der Waals surface area contributed by atoms with Gasteiger partial charge in [0, 0.05) is 4.47 Å². The zero-order valence-corrected chi connectivity index (χ0v) is 10.5. The van der Waals surface area contributed by atoms with Gasteiger partial charge in [-0.1, -0.05) is 15.9 Å².